The SMILES string of the molecule is CC1(O)CCCN(C(=O)c2cc(F)c(F)c(F)c2F)C1. The van der Waals surface area contributed by atoms with Gasteiger partial charge in [0.2, 0.25) is 0 Å². The van der Waals surface area contributed by atoms with Crippen LogP contribution in [0.4, 0.5) is 17.6 Å². The van der Waals surface area contributed by atoms with E-state index < -0.39 is 40.3 Å². The van der Waals surface area contributed by atoms with E-state index in [1.807, 2.05) is 0 Å². The number of amides is 1. The third-order valence-corrected chi connectivity index (χ3v) is 3.30. The first kappa shape index (κ1) is 14.8. The summed E-state index contributed by atoms with van der Waals surface area (Å²) in [5.41, 5.74) is -2.01. The lowest BCUT2D eigenvalue weighted by Gasteiger charge is -2.36. The van der Waals surface area contributed by atoms with E-state index >= 15 is 0 Å². The molecule has 0 radical (unpaired) electrons. The number of likely N-dealkylation sites (tertiary alicyclic amines) is 1. The first-order valence-electron chi connectivity index (χ1n) is 6.07. The van der Waals surface area contributed by atoms with Gasteiger partial charge in [-0.3, -0.25) is 4.79 Å². The van der Waals surface area contributed by atoms with Crippen LogP contribution >= 0.6 is 0 Å². The first-order valence-corrected chi connectivity index (χ1v) is 6.07. The third kappa shape index (κ3) is 2.63. The highest BCUT2D eigenvalue weighted by molar-refractivity contribution is 5.94. The minimum Gasteiger partial charge on any atom is -0.388 e. The number of β-amino-alcohol motifs (C(OH)–C–C–N with tert-alkyl or cyclic N) is 1. The fourth-order valence-corrected chi connectivity index (χ4v) is 2.29. The molecule has 0 spiro atoms. The molecule has 0 saturated carbocycles. The van der Waals surface area contributed by atoms with Crippen LogP contribution in [-0.4, -0.2) is 34.6 Å². The molecule has 1 atom stereocenters. The molecule has 1 unspecified atom stereocenters. The van der Waals surface area contributed by atoms with Gasteiger partial charge in [0.05, 0.1) is 11.2 Å². The zero-order valence-electron chi connectivity index (χ0n) is 10.7. The Balaban J connectivity index is 2.35. The van der Waals surface area contributed by atoms with Crippen LogP contribution in [0.5, 0.6) is 0 Å². The van der Waals surface area contributed by atoms with Crippen molar-refractivity contribution >= 4 is 5.91 Å². The molecule has 3 nitrogen and oxygen atoms in total. The number of aliphatic hydroxyl groups is 1. The van der Waals surface area contributed by atoms with Crippen LogP contribution < -0.4 is 0 Å². The molecule has 0 aliphatic carbocycles. The van der Waals surface area contributed by atoms with Gasteiger partial charge >= 0.3 is 0 Å². The van der Waals surface area contributed by atoms with Gasteiger partial charge in [0, 0.05) is 13.1 Å². The van der Waals surface area contributed by atoms with Gasteiger partial charge in [-0.2, -0.15) is 0 Å². The molecule has 1 heterocycles. The molecule has 110 valence electrons. The number of nitrogens with zero attached hydrogens (tertiary/aromatic N) is 1. The number of halogens is 4. The topological polar surface area (TPSA) is 40.5 Å². The monoisotopic (exact) mass is 291 g/mol. The van der Waals surface area contributed by atoms with Crippen LogP contribution in [-0.2, 0) is 0 Å². The van der Waals surface area contributed by atoms with E-state index in [1.165, 1.54) is 6.92 Å². The summed E-state index contributed by atoms with van der Waals surface area (Å²) >= 11 is 0. The molecule has 1 amide bonds. The Morgan fingerprint density at radius 2 is 1.90 bits per heavy atom. The van der Waals surface area contributed by atoms with Gasteiger partial charge in [0.15, 0.2) is 23.3 Å². The van der Waals surface area contributed by atoms with E-state index in [0.717, 1.165) is 4.90 Å². The highest BCUT2D eigenvalue weighted by atomic mass is 19.2. The van der Waals surface area contributed by atoms with Crippen LogP contribution in [0.1, 0.15) is 30.1 Å². The molecule has 0 aromatic heterocycles. The number of carbonyl (C=O) groups excluding carboxylic acids is 1. The Morgan fingerprint density at radius 1 is 1.25 bits per heavy atom. The van der Waals surface area contributed by atoms with Crippen molar-refractivity contribution in [2.45, 2.75) is 25.4 Å². The van der Waals surface area contributed by atoms with Crippen LogP contribution in [0.25, 0.3) is 0 Å². The van der Waals surface area contributed by atoms with Crippen LogP contribution in [0.2, 0.25) is 0 Å². The van der Waals surface area contributed by atoms with Gasteiger partial charge in [-0.05, 0) is 25.8 Å². The fraction of sp³-hybridized carbons (Fsp3) is 0.462. The number of piperidine rings is 1. The predicted molar refractivity (Wildman–Crippen MR) is 62.0 cm³/mol. The summed E-state index contributed by atoms with van der Waals surface area (Å²) in [5, 5.41) is 9.87. The van der Waals surface area contributed by atoms with Crippen LogP contribution in [0.3, 0.4) is 0 Å². The summed E-state index contributed by atoms with van der Waals surface area (Å²) in [7, 11) is 0. The zero-order valence-corrected chi connectivity index (χ0v) is 10.7. The largest absolute Gasteiger partial charge is 0.388 e. The van der Waals surface area contributed by atoms with E-state index in [1.54, 1.807) is 0 Å². The Labute approximate surface area is 112 Å². The Hall–Kier alpha value is -1.63. The van der Waals surface area contributed by atoms with E-state index in [0.29, 0.717) is 18.9 Å². The molecule has 1 N–H and O–H groups in total. The smallest absolute Gasteiger partial charge is 0.257 e. The minimum absolute atomic E-state index is 0.0775. The summed E-state index contributed by atoms with van der Waals surface area (Å²) in [6.45, 7) is 1.66. The second kappa shape index (κ2) is 5.05. The highest BCUT2D eigenvalue weighted by Gasteiger charge is 2.33. The summed E-state index contributed by atoms with van der Waals surface area (Å²) in [4.78, 5) is 13.1. The minimum atomic E-state index is -2.02. The normalized spacial score (nSPS) is 23.0. The van der Waals surface area contributed by atoms with Gasteiger partial charge in [-0.15, -0.1) is 0 Å². The summed E-state index contributed by atoms with van der Waals surface area (Å²) in [6.07, 6.45) is 0.942. The molecule has 1 aliphatic rings. The van der Waals surface area contributed by atoms with Crippen molar-refractivity contribution in [3.63, 3.8) is 0 Å². The van der Waals surface area contributed by atoms with Crippen molar-refractivity contribution < 1.29 is 27.5 Å². The maximum absolute atomic E-state index is 13.5. The summed E-state index contributed by atoms with van der Waals surface area (Å²) in [5.74, 6) is -8.29. The van der Waals surface area contributed by atoms with Gasteiger partial charge in [0.1, 0.15) is 0 Å². The molecular weight excluding hydrogens is 278 g/mol. The van der Waals surface area contributed by atoms with Crippen molar-refractivity contribution in [2.24, 2.45) is 0 Å². The molecule has 2 rings (SSSR count). The van der Waals surface area contributed by atoms with Crippen molar-refractivity contribution in [1.29, 1.82) is 0 Å². The number of hydrogen-bond acceptors (Lipinski definition) is 2. The van der Waals surface area contributed by atoms with Crippen molar-refractivity contribution in [3.8, 4) is 0 Å². The van der Waals surface area contributed by atoms with Crippen LogP contribution in [0, 0.1) is 23.3 Å². The molecule has 1 aromatic rings. The number of benzene rings is 1. The van der Waals surface area contributed by atoms with E-state index in [-0.39, 0.29) is 13.1 Å². The Morgan fingerprint density at radius 3 is 2.50 bits per heavy atom. The third-order valence-electron chi connectivity index (χ3n) is 3.30. The van der Waals surface area contributed by atoms with E-state index in [4.69, 9.17) is 0 Å². The van der Waals surface area contributed by atoms with Crippen LogP contribution in [0.15, 0.2) is 6.07 Å². The van der Waals surface area contributed by atoms with Crippen molar-refractivity contribution in [2.75, 3.05) is 13.1 Å². The zero-order chi connectivity index (χ0) is 15.1. The average Bonchev–Trinajstić information content (AvgIpc) is 2.38. The average molecular weight is 291 g/mol. The lowest BCUT2D eigenvalue weighted by atomic mass is 9.94. The molecule has 0 bridgehead atoms. The molecular formula is C13H13F4NO2. The van der Waals surface area contributed by atoms with E-state index in [9.17, 15) is 27.5 Å². The van der Waals surface area contributed by atoms with Gasteiger partial charge in [0.25, 0.3) is 5.91 Å². The van der Waals surface area contributed by atoms with E-state index in [2.05, 4.69) is 0 Å². The first-order chi connectivity index (χ1) is 9.23. The predicted octanol–water partition coefficient (Wildman–Crippen LogP) is 2.23. The lowest BCUT2D eigenvalue weighted by Crippen LogP contribution is -2.48. The highest BCUT2D eigenvalue weighted by Crippen LogP contribution is 2.24. The molecule has 1 aromatic carbocycles. The maximum Gasteiger partial charge on any atom is 0.257 e. The number of rotatable bonds is 1. The standard InChI is InChI=1S/C13H13F4NO2/c1-13(20)3-2-4-18(6-13)12(19)7-5-8(14)10(16)11(17)9(7)15/h5,20H,2-4,6H2,1H3. The molecule has 1 fully saturated rings. The van der Waals surface area contributed by atoms with Crippen molar-refractivity contribution in [3.05, 3.63) is 34.9 Å². The molecule has 7 heteroatoms. The molecule has 20 heavy (non-hydrogen) atoms. The second-order valence-electron chi connectivity index (χ2n) is 5.18. The lowest BCUT2D eigenvalue weighted by molar-refractivity contribution is -0.0109. The van der Waals surface area contributed by atoms with Crippen molar-refractivity contribution in [1.82, 2.24) is 4.90 Å². The van der Waals surface area contributed by atoms with Gasteiger partial charge in [-0.25, -0.2) is 17.6 Å². The fourth-order valence-electron chi connectivity index (χ4n) is 2.29. The van der Waals surface area contributed by atoms with Gasteiger partial charge < -0.3 is 10.0 Å². The summed E-state index contributed by atoms with van der Waals surface area (Å²) < 4.78 is 52.6. The summed E-state index contributed by atoms with van der Waals surface area (Å²) in [6, 6.07) is 0.333. The molecule has 1 saturated heterocycles. The number of hydrogen-bond donors (Lipinski definition) is 1. The molecule has 1 aliphatic heterocycles. The Bertz CT molecular complexity index is 560. The second-order valence-corrected chi connectivity index (χ2v) is 5.18. The Kier molecular flexibility index (Phi) is 3.73. The van der Waals surface area contributed by atoms with Gasteiger partial charge in [-0.1, -0.05) is 0 Å². The maximum atomic E-state index is 13.5. The number of carbonyl (C=O) groups is 1. The quantitative estimate of drug-likeness (QED) is 0.490.